The Kier molecular flexibility index (Phi) is 7.12. The summed E-state index contributed by atoms with van der Waals surface area (Å²) >= 11 is 0. The van der Waals surface area contributed by atoms with E-state index in [0.717, 1.165) is 19.6 Å². The smallest absolute Gasteiger partial charge is 0.331 e. The van der Waals surface area contributed by atoms with Crippen LogP contribution in [0.3, 0.4) is 0 Å². The highest BCUT2D eigenvalue weighted by molar-refractivity contribution is 5.90. The van der Waals surface area contributed by atoms with E-state index in [0.29, 0.717) is 0 Å². The minimum atomic E-state index is -1.08. The van der Waals surface area contributed by atoms with Crippen LogP contribution in [0.4, 0.5) is 0 Å². The van der Waals surface area contributed by atoms with Crippen molar-refractivity contribution in [3.05, 3.63) is 59.7 Å². The van der Waals surface area contributed by atoms with Gasteiger partial charge in [0.1, 0.15) is 0 Å². The number of carboxylic acid groups (broad SMARTS) is 2. The minimum absolute atomic E-state index is 0.0359. The first-order chi connectivity index (χ1) is 12.4. The molecule has 1 saturated heterocycles. The fourth-order valence-electron chi connectivity index (χ4n) is 2.89. The maximum Gasteiger partial charge on any atom is 0.331 e. The molecule has 2 aliphatic rings. The van der Waals surface area contributed by atoms with Crippen molar-refractivity contribution in [3.63, 3.8) is 0 Å². The molecule has 0 amide bonds. The summed E-state index contributed by atoms with van der Waals surface area (Å²) in [5.41, 5.74) is 0.472. The minimum Gasteiger partial charge on any atom is -0.481 e. The first-order valence-electron chi connectivity index (χ1n) is 8.73. The van der Waals surface area contributed by atoms with Crippen LogP contribution >= 0.6 is 0 Å². The molecule has 6 heteroatoms. The standard InChI is InChI=1S/C11H16N2.C9H10O4/c1-2-4-11(5-3-1)10-13-8-6-12-7-9-13;1-9(8(12)13)4-2-3-6(5-9)7(10)11/h1-5,12H,6-10H2;2-4H,5H2,1H3,(H,10,11)(H,12,13)/t;9-/m.0/s1. The summed E-state index contributed by atoms with van der Waals surface area (Å²) < 4.78 is 0. The lowest BCUT2D eigenvalue weighted by Gasteiger charge is -2.27. The van der Waals surface area contributed by atoms with E-state index >= 15 is 0 Å². The topological polar surface area (TPSA) is 89.9 Å². The number of nitrogens with zero attached hydrogens (tertiary/aromatic N) is 1. The summed E-state index contributed by atoms with van der Waals surface area (Å²) in [6.07, 6.45) is 4.43. The van der Waals surface area contributed by atoms with Crippen molar-refractivity contribution in [1.82, 2.24) is 10.2 Å². The first kappa shape index (κ1) is 19.9. The Hall–Kier alpha value is -2.44. The summed E-state index contributed by atoms with van der Waals surface area (Å²) in [4.78, 5) is 23.8. The Balaban J connectivity index is 0.000000187. The molecule has 1 heterocycles. The molecule has 140 valence electrons. The van der Waals surface area contributed by atoms with Gasteiger partial charge in [0.2, 0.25) is 0 Å². The van der Waals surface area contributed by atoms with Crippen molar-refractivity contribution in [3.8, 4) is 0 Å². The van der Waals surface area contributed by atoms with Gasteiger partial charge in [-0.05, 0) is 18.9 Å². The van der Waals surface area contributed by atoms with Crippen molar-refractivity contribution >= 4 is 11.9 Å². The fraction of sp³-hybridized carbons (Fsp3) is 0.400. The van der Waals surface area contributed by atoms with Crippen LogP contribution in [0.1, 0.15) is 18.9 Å². The van der Waals surface area contributed by atoms with Crippen LogP contribution in [0.5, 0.6) is 0 Å². The van der Waals surface area contributed by atoms with Gasteiger partial charge in [-0.25, -0.2) is 4.79 Å². The molecule has 0 aromatic heterocycles. The van der Waals surface area contributed by atoms with Gasteiger partial charge in [-0.1, -0.05) is 48.6 Å². The number of nitrogens with one attached hydrogen (secondary N) is 1. The largest absolute Gasteiger partial charge is 0.481 e. The lowest BCUT2D eigenvalue weighted by molar-refractivity contribution is -0.145. The molecule has 3 N–H and O–H groups in total. The van der Waals surface area contributed by atoms with E-state index in [-0.39, 0.29) is 12.0 Å². The van der Waals surface area contributed by atoms with Crippen LogP contribution in [-0.2, 0) is 16.1 Å². The molecule has 1 fully saturated rings. The molecule has 3 rings (SSSR count). The second kappa shape index (κ2) is 9.31. The van der Waals surface area contributed by atoms with Gasteiger partial charge in [0.05, 0.1) is 5.41 Å². The van der Waals surface area contributed by atoms with Gasteiger partial charge < -0.3 is 15.5 Å². The summed E-state index contributed by atoms with van der Waals surface area (Å²) in [7, 11) is 0. The molecule has 0 bridgehead atoms. The molecule has 1 aromatic carbocycles. The molecule has 0 radical (unpaired) electrons. The maximum atomic E-state index is 10.8. The molecule has 0 saturated carbocycles. The van der Waals surface area contributed by atoms with Gasteiger partial charge in [-0.15, -0.1) is 0 Å². The van der Waals surface area contributed by atoms with E-state index in [1.165, 1.54) is 43.8 Å². The van der Waals surface area contributed by atoms with Crippen LogP contribution < -0.4 is 5.32 Å². The number of hydrogen-bond acceptors (Lipinski definition) is 4. The number of allylic oxidation sites excluding steroid dienone is 2. The Morgan fingerprint density at radius 3 is 2.38 bits per heavy atom. The third kappa shape index (κ3) is 5.82. The van der Waals surface area contributed by atoms with Crippen molar-refractivity contribution in [2.24, 2.45) is 5.41 Å². The van der Waals surface area contributed by atoms with Crippen molar-refractivity contribution in [2.45, 2.75) is 19.9 Å². The van der Waals surface area contributed by atoms with Crippen molar-refractivity contribution < 1.29 is 19.8 Å². The fourth-order valence-corrected chi connectivity index (χ4v) is 2.89. The van der Waals surface area contributed by atoms with Crippen LogP contribution in [0.2, 0.25) is 0 Å². The average molecular weight is 358 g/mol. The highest BCUT2D eigenvalue weighted by Gasteiger charge is 2.34. The number of benzene rings is 1. The number of hydrogen-bond donors (Lipinski definition) is 3. The molecule has 1 aliphatic carbocycles. The summed E-state index contributed by atoms with van der Waals surface area (Å²) in [5, 5.41) is 20.8. The van der Waals surface area contributed by atoms with Crippen molar-refractivity contribution in [2.75, 3.05) is 26.2 Å². The van der Waals surface area contributed by atoms with Gasteiger partial charge in [0.25, 0.3) is 0 Å². The highest BCUT2D eigenvalue weighted by atomic mass is 16.4. The zero-order valence-electron chi connectivity index (χ0n) is 15.0. The predicted octanol–water partition coefficient (Wildman–Crippen LogP) is 2.14. The van der Waals surface area contributed by atoms with E-state index in [2.05, 4.69) is 40.5 Å². The average Bonchev–Trinajstić information content (AvgIpc) is 2.64. The monoisotopic (exact) mass is 358 g/mol. The number of piperazine rings is 1. The Morgan fingerprint density at radius 2 is 1.81 bits per heavy atom. The quantitative estimate of drug-likeness (QED) is 0.764. The summed E-state index contributed by atoms with van der Waals surface area (Å²) in [6, 6.07) is 10.7. The Labute approximate surface area is 153 Å². The van der Waals surface area contributed by atoms with E-state index in [9.17, 15) is 9.59 Å². The van der Waals surface area contributed by atoms with E-state index in [4.69, 9.17) is 10.2 Å². The lowest BCUT2D eigenvalue weighted by Crippen LogP contribution is -2.42. The summed E-state index contributed by atoms with van der Waals surface area (Å²) in [6.45, 7) is 7.22. The zero-order valence-corrected chi connectivity index (χ0v) is 15.0. The number of rotatable bonds is 4. The van der Waals surface area contributed by atoms with E-state index in [1.54, 1.807) is 0 Å². The van der Waals surface area contributed by atoms with E-state index < -0.39 is 17.4 Å². The highest BCUT2D eigenvalue weighted by Crippen LogP contribution is 2.31. The molecular formula is C20H26N2O4. The SMILES string of the molecule is C[C@]1(C(=O)O)C=CC=C(C(=O)O)C1.c1ccc(CN2CCNCC2)cc1. The second-order valence-electron chi connectivity index (χ2n) is 6.77. The number of carboxylic acids is 2. The third-order valence-corrected chi connectivity index (χ3v) is 4.54. The second-order valence-corrected chi connectivity index (χ2v) is 6.77. The number of carbonyl (C=O) groups is 2. The molecule has 0 spiro atoms. The summed E-state index contributed by atoms with van der Waals surface area (Å²) in [5.74, 6) is -2.06. The Morgan fingerprint density at radius 1 is 1.15 bits per heavy atom. The Bertz CT molecular complexity index is 678. The van der Waals surface area contributed by atoms with Crippen molar-refractivity contribution in [1.29, 1.82) is 0 Å². The molecule has 1 atom stereocenters. The van der Waals surface area contributed by atoms with Crippen LogP contribution in [0, 0.1) is 5.41 Å². The van der Waals surface area contributed by atoms with Crippen LogP contribution in [0.25, 0.3) is 0 Å². The van der Waals surface area contributed by atoms with E-state index in [1.807, 2.05) is 0 Å². The molecular weight excluding hydrogens is 332 g/mol. The maximum absolute atomic E-state index is 10.8. The van der Waals surface area contributed by atoms with Gasteiger partial charge in [-0.3, -0.25) is 9.69 Å². The lowest BCUT2D eigenvalue weighted by atomic mass is 9.80. The third-order valence-electron chi connectivity index (χ3n) is 4.54. The first-order valence-corrected chi connectivity index (χ1v) is 8.73. The van der Waals surface area contributed by atoms with Crippen LogP contribution in [-0.4, -0.2) is 53.2 Å². The van der Waals surface area contributed by atoms with Gasteiger partial charge >= 0.3 is 11.9 Å². The normalized spacial score (nSPS) is 22.7. The van der Waals surface area contributed by atoms with Gasteiger partial charge in [0, 0.05) is 38.3 Å². The molecule has 26 heavy (non-hydrogen) atoms. The predicted molar refractivity (Wildman–Crippen MR) is 99.8 cm³/mol. The van der Waals surface area contributed by atoms with Crippen LogP contribution in [0.15, 0.2) is 54.1 Å². The number of aliphatic carboxylic acids is 2. The molecule has 0 unspecified atom stereocenters. The molecule has 1 aliphatic heterocycles. The zero-order chi connectivity index (χ0) is 19.0. The van der Waals surface area contributed by atoms with Gasteiger partial charge in [-0.2, -0.15) is 0 Å². The molecule has 1 aromatic rings. The van der Waals surface area contributed by atoms with Gasteiger partial charge in [0.15, 0.2) is 0 Å². The molecule has 6 nitrogen and oxygen atoms in total.